The van der Waals surface area contributed by atoms with Crippen LogP contribution in [0.1, 0.15) is 32.4 Å². The second-order valence-corrected chi connectivity index (χ2v) is 7.43. The molecule has 2 fully saturated rings. The molecule has 1 N–H and O–H groups in total. The van der Waals surface area contributed by atoms with Crippen LogP contribution in [-0.4, -0.2) is 62.7 Å². The van der Waals surface area contributed by atoms with Crippen molar-refractivity contribution in [2.24, 2.45) is 11.8 Å². The molecule has 0 unspecified atom stereocenters. The first-order valence-corrected chi connectivity index (χ1v) is 9.88. The van der Waals surface area contributed by atoms with Crippen LogP contribution < -0.4 is 19.5 Å². The number of hydrogen-bond acceptors (Lipinski definition) is 8. The lowest BCUT2D eigenvalue weighted by atomic mass is 9.80. The van der Waals surface area contributed by atoms with Crippen molar-refractivity contribution in [1.82, 2.24) is 10.2 Å². The second-order valence-electron chi connectivity index (χ2n) is 7.43. The van der Waals surface area contributed by atoms with Gasteiger partial charge in [-0.2, -0.15) is 0 Å². The quantitative estimate of drug-likeness (QED) is 0.520. The zero-order valence-electron chi connectivity index (χ0n) is 18.1. The second kappa shape index (κ2) is 8.14. The summed E-state index contributed by atoms with van der Waals surface area (Å²) in [5.74, 6) is -1.62. The summed E-state index contributed by atoms with van der Waals surface area (Å²) in [6, 6.07) is 2.82. The maximum absolute atomic E-state index is 13.1. The van der Waals surface area contributed by atoms with Crippen molar-refractivity contribution in [3.8, 4) is 17.2 Å². The van der Waals surface area contributed by atoms with E-state index in [9.17, 15) is 14.4 Å². The summed E-state index contributed by atoms with van der Waals surface area (Å²) in [5.41, 5.74) is -0.700. The first-order valence-electron chi connectivity index (χ1n) is 9.88. The van der Waals surface area contributed by atoms with E-state index in [2.05, 4.69) is 5.32 Å². The van der Waals surface area contributed by atoms with Crippen molar-refractivity contribution in [2.75, 3.05) is 34.5 Å². The maximum Gasteiger partial charge on any atom is 0.326 e. The van der Waals surface area contributed by atoms with Crippen molar-refractivity contribution >= 4 is 17.8 Å². The van der Waals surface area contributed by atoms with Gasteiger partial charge in [-0.05, 0) is 38.5 Å². The molecule has 30 heavy (non-hydrogen) atoms. The van der Waals surface area contributed by atoms with E-state index in [0.717, 1.165) is 0 Å². The highest BCUT2D eigenvalue weighted by Crippen LogP contribution is 2.51. The number of likely N-dealkylation sites (tertiary alicyclic amines) is 1. The number of rotatable bonds is 7. The van der Waals surface area contributed by atoms with Gasteiger partial charge in [0.25, 0.3) is 0 Å². The molecule has 3 rings (SSSR count). The Kier molecular flexibility index (Phi) is 5.94. The molecule has 164 valence electrons. The summed E-state index contributed by atoms with van der Waals surface area (Å²) in [6.45, 7) is 5.46. The zero-order chi connectivity index (χ0) is 22.2. The summed E-state index contributed by atoms with van der Waals surface area (Å²) in [6.07, 6.45) is 0. The Morgan fingerprint density at radius 3 is 2.13 bits per heavy atom. The minimum absolute atomic E-state index is 0.169. The molecule has 2 aliphatic heterocycles. The van der Waals surface area contributed by atoms with Gasteiger partial charge in [-0.25, -0.2) is 0 Å². The van der Waals surface area contributed by atoms with Crippen LogP contribution >= 0.6 is 0 Å². The number of fused-ring (bicyclic) bond motifs is 1. The number of benzene rings is 1. The number of esters is 1. The van der Waals surface area contributed by atoms with Gasteiger partial charge in [-0.15, -0.1) is 0 Å². The predicted octanol–water partition coefficient (Wildman–Crippen LogP) is 1.30. The summed E-state index contributed by atoms with van der Waals surface area (Å²) in [4.78, 5) is 40.3. The fourth-order valence-corrected chi connectivity index (χ4v) is 4.55. The van der Waals surface area contributed by atoms with Crippen LogP contribution in [-0.2, 0) is 19.1 Å². The van der Waals surface area contributed by atoms with E-state index >= 15 is 0 Å². The van der Waals surface area contributed by atoms with Crippen LogP contribution in [0.2, 0.25) is 0 Å². The standard InChI is InChI=1S/C21H28N2O7/c1-7-23-18(24)14-15(19(23)25)21(3,20(26)30-8-2)22-16(14)11-9-12(27-4)17(29-6)13(10-11)28-5/h9-10,14-16,22H,7-8H2,1-6H3/t14-,15-,16-,21-/m1/s1. The van der Waals surface area contributed by atoms with E-state index < -0.39 is 29.4 Å². The molecule has 0 aromatic heterocycles. The van der Waals surface area contributed by atoms with Crippen LogP contribution in [0.25, 0.3) is 0 Å². The number of imide groups is 1. The number of ether oxygens (including phenoxy) is 4. The molecule has 0 saturated carbocycles. The molecule has 4 atom stereocenters. The van der Waals surface area contributed by atoms with Crippen molar-refractivity contribution in [3.05, 3.63) is 17.7 Å². The average molecular weight is 420 g/mol. The van der Waals surface area contributed by atoms with Gasteiger partial charge in [0.05, 0.1) is 39.8 Å². The number of carbonyl (C=O) groups excluding carboxylic acids is 3. The largest absolute Gasteiger partial charge is 0.493 e. The molecule has 2 amide bonds. The third kappa shape index (κ3) is 3.08. The van der Waals surface area contributed by atoms with Gasteiger partial charge < -0.3 is 18.9 Å². The van der Waals surface area contributed by atoms with E-state index in [4.69, 9.17) is 18.9 Å². The first kappa shape index (κ1) is 21.9. The highest BCUT2D eigenvalue weighted by Gasteiger charge is 2.66. The van der Waals surface area contributed by atoms with E-state index in [1.54, 1.807) is 32.9 Å². The van der Waals surface area contributed by atoms with Gasteiger partial charge in [-0.1, -0.05) is 0 Å². The van der Waals surface area contributed by atoms with E-state index in [0.29, 0.717) is 22.8 Å². The Bertz CT molecular complexity index is 846. The molecule has 2 heterocycles. The Hall–Kier alpha value is -2.81. The smallest absolute Gasteiger partial charge is 0.326 e. The first-order chi connectivity index (χ1) is 14.3. The molecule has 0 spiro atoms. The fraction of sp³-hybridized carbons (Fsp3) is 0.571. The zero-order valence-corrected chi connectivity index (χ0v) is 18.1. The van der Waals surface area contributed by atoms with Crippen LogP contribution in [0, 0.1) is 11.8 Å². The molecule has 0 aliphatic carbocycles. The van der Waals surface area contributed by atoms with Crippen LogP contribution in [0.4, 0.5) is 0 Å². The molecule has 9 heteroatoms. The number of nitrogens with one attached hydrogen (secondary N) is 1. The molecule has 1 aromatic rings. The van der Waals surface area contributed by atoms with Crippen molar-refractivity contribution in [2.45, 2.75) is 32.4 Å². The van der Waals surface area contributed by atoms with E-state index in [1.165, 1.54) is 26.2 Å². The molecule has 2 aliphatic rings. The molecule has 1 aromatic carbocycles. The number of nitrogens with zero attached hydrogens (tertiary/aromatic N) is 1. The minimum Gasteiger partial charge on any atom is -0.493 e. The van der Waals surface area contributed by atoms with Crippen LogP contribution in [0.15, 0.2) is 12.1 Å². The molecule has 9 nitrogen and oxygen atoms in total. The van der Waals surface area contributed by atoms with Gasteiger partial charge in [-0.3, -0.25) is 24.6 Å². The maximum atomic E-state index is 13.1. The van der Waals surface area contributed by atoms with Crippen molar-refractivity contribution in [3.63, 3.8) is 0 Å². The fourth-order valence-electron chi connectivity index (χ4n) is 4.55. The lowest BCUT2D eigenvalue weighted by molar-refractivity contribution is -0.155. The number of carbonyl (C=O) groups is 3. The summed E-state index contributed by atoms with van der Waals surface area (Å²) < 4.78 is 21.5. The summed E-state index contributed by atoms with van der Waals surface area (Å²) in [7, 11) is 4.50. The van der Waals surface area contributed by atoms with Gasteiger partial charge in [0.15, 0.2) is 11.5 Å². The van der Waals surface area contributed by atoms with Crippen LogP contribution in [0.3, 0.4) is 0 Å². The Morgan fingerprint density at radius 1 is 1.07 bits per heavy atom. The molecule has 0 radical (unpaired) electrons. The number of amides is 2. The minimum atomic E-state index is -1.34. The van der Waals surface area contributed by atoms with Crippen molar-refractivity contribution in [1.29, 1.82) is 0 Å². The van der Waals surface area contributed by atoms with Gasteiger partial charge in [0, 0.05) is 12.6 Å². The van der Waals surface area contributed by atoms with E-state index in [-0.39, 0.29) is 25.0 Å². The lowest BCUT2D eigenvalue weighted by Gasteiger charge is -2.29. The number of hydrogen-bond donors (Lipinski definition) is 1. The normalized spacial score (nSPS) is 27.8. The molecular weight excluding hydrogens is 392 g/mol. The van der Waals surface area contributed by atoms with Gasteiger partial charge in [0.2, 0.25) is 17.6 Å². The monoisotopic (exact) mass is 420 g/mol. The number of methoxy groups -OCH3 is 3. The van der Waals surface area contributed by atoms with E-state index in [1.807, 2.05) is 0 Å². The summed E-state index contributed by atoms with van der Waals surface area (Å²) >= 11 is 0. The van der Waals surface area contributed by atoms with Crippen molar-refractivity contribution < 1.29 is 33.3 Å². The Labute approximate surface area is 175 Å². The third-order valence-electron chi connectivity index (χ3n) is 5.94. The average Bonchev–Trinajstić information content (AvgIpc) is 3.20. The van der Waals surface area contributed by atoms with Gasteiger partial charge in [0.1, 0.15) is 5.54 Å². The summed E-state index contributed by atoms with van der Waals surface area (Å²) in [5, 5.41) is 3.22. The highest BCUT2D eigenvalue weighted by molar-refractivity contribution is 6.09. The SMILES string of the molecule is CCOC(=O)[C@]1(C)N[C@H](c2cc(OC)c(OC)c(OC)c2)[C@@H]2C(=O)N(CC)C(=O)[C@@H]21. The third-order valence-corrected chi connectivity index (χ3v) is 5.94. The molecular formula is C21H28N2O7. The van der Waals surface area contributed by atoms with Gasteiger partial charge >= 0.3 is 5.97 Å². The van der Waals surface area contributed by atoms with Crippen LogP contribution in [0.5, 0.6) is 17.2 Å². The Morgan fingerprint density at radius 2 is 1.67 bits per heavy atom. The Balaban J connectivity index is 2.15. The highest BCUT2D eigenvalue weighted by atomic mass is 16.5. The molecule has 0 bridgehead atoms. The topological polar surface area (TPSA) is 103 Å². The lowest BCUT2D eigenvalue weighted by Crippen LogP contribution is -2.54. The molecule has 2 saturated heterocycles. The predicted molar refractivity (Wildman–Crippen MR) is 106 cm³/mol.